The highest BCUT2D eigenvalue weighted by atomic mass is 32.2. The number of hydrogen-bond donors (Lipinski definition) is 3. The van der Waals surface area contributed by atoms with Gasteiger partial charge in [-0.3, -0.25) is 0 Å². The fourth-order valence-electron chi connectivity index (χ4n) is 3.78. The molecule has 1 aliphatic rings. The summed E-state index contributed by atoms with van der Waals surface area (Å²) in [6.45, 7) is 0.576. The first-order valence-electron chi connectivity index (χ1n) is 11.0. The van der Waals surface area contributed by atoms with E-state index in [1.807, 2.05) is 4.72 Å². The SMILES string of the molecule is O=C(Nc1ccc2c(c1)CCN(C(=O)NS(=O)(=O)c1ccccc1)CC2)NS(=O)(=O)c1ccccc1. The number of carbonyl (C=O) groups is 2. The lowest BCUT2D eigenvalue weighted by Crippen LogP contribution is -2.43. The van der Waals surface area contributed by atoms with Crippen LogP contribution in [0.4, 0.5) is 15.3 Å². The third-order valence-electron chi connectivity index (χ3n) is 5.61. The van der Waals surface area contributed by atoms with Crippen molar-refractivity contribution in [3.63, 3.8) is 0 Å². The number of urea groups is 2. The van der Waals surface area contributed by atoms with Crippen LogP contribution in [0.3, 0.4) is 0 Å². The van der Waals surface area contributed by atoms with Gasteiger partial charge in [0.1, 0.15) is 0 Å². The number of nitrogens with zero attached hydrogens (tertiary/aromatic N) is 1. The molecule has 12 heteroatoms. The average Bonchev–Trinajstić information content (AvgIpc) is 3.07. The zero-order chi connectivity index (χ0) is 25.8. The molecule has 0 spiro atoms. The molecule has 4 amide bonds. The molecule has 36 heavy (non-hydrogen) atoms. The molecule has 0 aliphatic carbocycles. The lowest BCUT2D eigenvalue weighted by molar-refractivity contribution is 0.206. The van der Waals surface area contributed by atoms with Gasteiger partial charge in [-0.2, -0.15) is 0 Å². The predicted molar refractivity (Wildman–Crippen MR) is 133 cm³/mol. The highest BCUT2D eigenvalue weighted by Crippen LogP contribution is 2.21. The Balaban J connectivity index is 1.38. The second kappa shape index (κ2) is 10.4. The van der Waals surface area contributed by atoms with E-state index < -0.39 is 32.1 Å². The lowest BCUT2D eigenvalue weighted by atomic mass is 10.0. The minimum Gasteiger partial charge on any atom is -0.323 e. The Bertz CT molecular complexity index is 1480. The molecule has 0 bridgehead atoms. The first kappa shape index (κ1) is 25.2. The second-order valence-electron chi connectivity index (χ2n) is 8.07. The smallest absolute Gasteiger partial charge is 0.323 e. The van der Waals surface area contributed by atoms with Gasteiger partial charge in [-0.15, -0.1) is 0 Å². The van der Waals surface area contributed by atoms with E-state index in [4.69, 9.17) is 0 Å². The molecule has 10 nitrogen and oxygen atoms in total. The highest BCUT2D eigenvalue weighted by molar-refractivity contribution is 7.90. The molecule has 3 N–H and O–H groups in total. The number of rotatable bonds is 5. The van der Waals surface area contributed by atoms with Gasteiger partial charge < -0.3 is 10.2 Å². The molecule has 3 aromatic rings. The van der Waals surface area contributed by atoms with Crippen molar-refractivity contribution in [3.8, 4) is 0 Å². The van der Waals surface area contributed by atoms with Gasteiger partial charge in [0.2, 0.25) is 0 Å². The van der Waals surface area contributed by atoms with Crippen molar-refractivity contribution in [1.82, 2.24) is 14.3 Å². The van der Waals surface area contributed by atoms with Crippen LogP contribution in [0.5, 0.6) is 0 Å². The number of fused-ring (bicyclic) bond motifs is 1. The number of carbonyl (C=O) groups excluding carboxylic acids is 2. The molecule has 188 valence electrons. The van der Waals surface area contributed by atoms with Crippen molar-refractivity contribution < 1.29 is 26.4 Å². The number of anilines is 1. The van der Waals surface area contributed by atoms with Crippen LogP contribution in [-0.4, -0.2) is 46.9 Å². The summed E-state index contributed by atoms with van der Waals surface area (Å²) in [5.41, 5.74) is 2.19. The molecular weight excluding hydrogens is 504 g/mol. The van der Waals surface area contributed by atoms with Crippen molar-refractivity contribution in [2.45, 2.75) is 22.6 Å². The molecule has 0 radical (unpaired) electrons. The molecule has 1 heterocycles. The zero-order valence-electron chi connectivity index (χ0n) is 19.0. The normalized spacial score (nSPS) is 13.7. The van der Waals surface area contributed by atoms with E-state index in [0.29, 0.717) is 25.1 Å². The Hall–Kier alpha value is -3.90. The van der Waals surface area contributed by atoms with Crippen LogP contribution in [-0.2, 0) is 32.9 Å². The molecule has 4 rings (SSSR count). The number of hydrogen-bond acceptors (Lipinski definition) is 6. The summed E-state index contributed by atoms with van der Waals surface area (Å²) in [6.07, 6.45) is 0.913. The molecule has 0 saturated heterocycles. The maximum absolute atomic E-state index is 12.7. The number of nitrogens with one attached hydrogen (secondary N) is 3. The molecular formula is C24H24N4O6S2. The fourth-order valence-corrected chi connectivity index (χ4v) is 5.70. The monoisotopic (exact) mass is 528 g/mol. The molecule has 3 aromatic carbocycles. The molecule has 0 fully saturated rings. The average molecular weight is 529 g/mol. The van der Waals surface area contributed by atoms with Crippen molar-refractivity contribution in [3.05, 3.63) is 90.0 Å². The summed E-state index contributed by atoms with van der Waals surface area (Å²) < 4.78 is 53.7. The van der Waals surface area contributed by atoms with Gasteiger partial charge >= 0.3 is 12.1 Å². The summed E-state index contributed by atoms with van der Waals surface area (Å²) in [5, 5.41) is 2.52. The molecule has 0 saturated carbocycles. The predicted octanol–water partition coefficient (Wildman–Crippen LogP) is 2.70. The minimum absolute atomic E-state index is 0.000251. The van der Waals surface area contributed by atoms with Gasteiger partial charge in [-0.05, 0) is 60.4 Å². The Morgan fingerprint density at radius 3 is 1.78 bits per heavy atom. The number of amides is 4. The van der Waals surface area contributed by atoms with E-state index in [2.05, 4.69) is 10.0 Å². The van der Waals surface area contributed by atoms with Gasteiger partial charge in [-0.25, -0.2) is 35.9 Å². The van der Waals surface area contributed by atoms with Gasteiger partial charge in [0.05, 0.1) is 9.79 Å². The van der Waals surface area contributed by atoms with Gasteiger partial charge in [-0.1, -0.05) is 42.5 Å². The zero-order valence-corrected chi connectivity index (χ0v) is 20.7. The summed E-state index contributed by atoms with van der Waals surface area (Å²) >= 11 is 0. The lowest BCUT2D eigenvalue weighted by Gasteiger charge is -2.20. The Kier molecular flexibility index (Phi) is 7.27. The van der Waals surface area contributed by atoms with Gasteiger partial charge in [0, 0.05) is 18.8 Å². The van der Waals surface area contributed by atoms with Crippen LogP contribution in [0.25, 0.3) is 0 Å². The first-order chi connectivity index (χ1) is 17.1. The van der Waals surface area contributed by atoms with Crippen LogP contribution < -0.4 is 14.8 Å². The maximum Gasteiger partial charge on any atom is 0.333 e. The summed E-state index contributed by atoms with van der Waals surface area (Å²) in [5.74, 6) is 0. The quantitative estimate of drug-likeness (QED) is 0.465. The van der Waals surface area contributed by atoms with Crippen molar-refractivity contribution in [2.24, 2.45) is 0 Å². The van der Waals surface area contributed by atoms with E-state index >= 15 is 0 Å². The third-order valence-corrected chi connectivity index (χ3v) is 8.29. The van der Waals surface area contributed by atoms with E-state index in [1.54, 1.807) is 54.6 Å². The maximum atomic E-state index is 12.7. The van der Waals surface area contributed by atoms with E-state index in [9.17, 15) is 26.4 Å². The van der Waals surface area contributed by atoms with Crippen LogP contribution >= 0.6 is 0 Å². The number of benzene rings is 3. The topological polar surface area (TPSA) is 142 Å². The molecule has 1 aliphatic heterocycles. The van der Waals surface area contributed by atoms with Crippen LogP contribution in [0.2, 0.25) is 0 Å². The molecule has 0 atom stereocenters. The van der Waals surface area contributed by atoms with E-state index in [-0.39, 0.29) is 16.3 Å². The Morgan fingerprint density at radius 1 is 0.667 bits per heavy atom. The van der Waals surface area contributed by atoms with Gasteiger partial charge in [0.15, 0.2) is 0 Å². The molecule has 0 aromatic heterocycles. The summed E-state index contributed by atoms with van der Waals surface area (Å²) in [6, 6.07) is 18.7. The Morgan fingerprint density at radius 2 is 1.19 bits per heavy atom. The van der Waals surface area contributed by atoms with Gasteiger partial charge in [0.25, 0.3) is 20.0 Å². The van der Waals surface area contributed by atoms with Crippen LogP contribution in [0, 0.1) is 0 Å². The summed E-state index contributed by atoms with van der Waals surface area (Å²) in [4.78, 5) is 26.4. The van der Waals surface area contributed by atoms with Crippen molar-refractivity contribution in [1.29, 1.82) is 0 Å². The first-order valence-corrected chi connectivity index (χ1v) is 14.0. The highest BCUT2D eigenvalue weighted by Gasteiger charge is 2.24. The second-order valence-corrected chi connectivity index (χ2v) is 11.4. The van der Waals surface area contributed by atoms with E-state index in [0.717, 1.165) is 11.1 Å². The standard InChI is InChI=1S/C24H24N4O6S2/c29-23(26-35(31,32)21-7-3-1-4-8-21)25-20-12-11-18-13-15-28(16-14-19(18)17-20)24(30)27-36(33,34)22-9-5-2-6-10-22/h1-12,17H,13-16H2,(H,27,30)(H2,25,26,29). The van der Waals surface area contributed by atoms with Crippen LogP contribution in [0.1, 0.15) is 11.1 Å². The molecule has 0 unspecified atom stereocenters. The third kappa shape index (κ3) is 6.01. The minimum atomic E-state index is -4.02. The van der Waals surface area contributed by atoms with Crippen LogP contribution in [0.15, 0.2) is 88.7 Å². The fraction of sp³-hybridized carbons (Fsp3) is 0.167. The van der Waals surface area contributed by atoms with E-state index in [1.165, 1.54) is 29.2 Å². The Labute approximate surface area is 209 Å². The largest absolute Gasteiger partial charge is 0.333 e. The van der Waals surface area contributed by atoms with Crippen molar-refractivity contribution in [2.75, 3.05) is 18.4 Å². The van der Waals surface area contributed by atoms with Crippen molar-refractivity contribution >= 4 is 37.8 Å². The number of sulfonamides is 2. The summed E-state index contributed by atoms with van der Waals surface area (Å²) in [7, 11) is -8.01.